The van der Waals surface area contributed by atoms with Gasteiger partial charge < -0.3 is 10.4 Å². The molecule has 0 saturated heterocycles. The van der Waals surface area contributed by atoms with Crippen LogP contribution in [0.15, 0.2) is 54.6 Å². The monoisotopic (exact) mass is 269 g/mol. The van der Waals surface area contributed by atoms with Gasteiger partial charge in [0.1, 0.15) is 5.60 Å². The first-order valence-corrected chi connectivity index (χ1v) is 6.62. The molecule has 1 amide bonds. The highest BCUT2D eigenvalue weighted by Gasteiger charge is 2.23. The average molecular weight is 269 g/mol. The summed E-state index contributed by atoms with van der Waals surface area (Å²) in [5.41, 5.74) is 1.34. The second-order valence-corrected chi connectivity index (χ2v) is 5.19. The number of rotatable bonds is 4. The summed E-state index contributed by atoms with van der Waals surface area (Å²) in [6, 6.07) is 16.7. The van der Waals surface area contributed by atoms with E-state index in [4.69, 9.17) is 0 Å². The van der Waals surface area contributed by atoms with Crippen molar-refractivity contribution < 1.29 is 9.90 Å². The quantitative estimate of drug-likeness (QED) is 0.896. The summed E-state index contributed by atoms with van der Waals surface area (Å²) in [6.07, 6.45) is 0. The topological polar surface area (TPSA) is 49.3 Å². The SMILES string of the molecule is Cc1cccc(C(=O)NCC(C)(O)c2ccccc2)c1. The maximum Gasteiger partial charge on any atom is 0.251 e. The van der Waals surface area contributed by atoms with Gasteiger partial charge in [0.2, 0.25) is 0 Å². The fourth-order valence-electron chi connectivity index (χ4n) is 2.04. The van der Waals surface area contributed by atoms with Gasteiger partial charge in [-0.3, -0.25) is 4.79 Å². The number of amides is 1. The van der Waals surface area contributed by atoms with Crippen LogP contribution in [-0.4, -0.2) is 17.6 Å². The Hall–Kier alpha value is -2.13. The standard InChI is InChI=1S/C17H19NO2/c1-13-7-6-8-14(11-13)16(19)18-12-17(2,20)15-9-4-3-5-10-15/h3-11,20H,12H2,1-2H3,(H,18,19). The zero-order valence-corrected chi connectivity index (χ0v) is 11.8. The first-order chi connectivity index (χ1) is 9.49. The van der Waals surface area contributed by atoms with Gasteiger partial charge in [-0.2, -0.15) is 0 Å². The lowest BCUT2D eigenvalue weighted by atomic mass is 9.96. The molecule has 0 spiro atoms. The summed E-state index contributed by atoms with van der Waals surface area (Å²) in [4.78, 5) is 12.1. The molecule has 0 aromatic heterocycles. The fraction of sp³-hybridized carbons (Fsp3) is 0.235. The molecule has 1 atom stereocenters. The van der Waals surface area contributed by atoms with Crippen molar-refractivity contribution in [3.63, 3.8) is 0 Å². The Morgan fingerprint density at radius 3 is 2.50 bits per heavy atom. The largest absolute Gasteiger partial charge is 0.384 e. The molecule has 2 aromatic rings. The minimum atomic E-state index is -1.08. The minimum absolute atomic E-state index is 0.170. The Bertz CT molecular complexity index is 591. The molecule has 2 N–H and O–H groups in total. The summed E-state index contributed by atoms with van der Waals surface area (Å²) in [5, 5.41) is 13.2. The maximum absolute atomic E-state index is 12.1. The van der Waals surface area contributed by atoms with Gasteiger partial charge in [-0.25, -0.2) is 0 Å². The summed E-state index contributed by atoms with van der Waals surface area (Å²) in [6.45, 7) is 3.81. The number of aliphatic hydroxyl groups is 1. The highest BCUT2D eigenvalue weighted by Crippen LogP contribution is 2.19. The Balaban J connectivity index is 2.03. The van der Waals surface area contributed by atoms with E-state index in [2.05, 4.69) is 5.32 Å². The number of nitrogens with one attached hydrogen (secondary N) is 1. The van der Waals surface area contributed by atoms with Crippen molar-refractivity contribution >= 4 is 5.91 Å². The summed E-state index contributed by atoms with van der Waals surface area (Å²) in [5.74, 6) is -0.176. The van der Waals surface area contributed by atoms with Crippen LogP contribution in [0.25, 0.3) is 0 Å². The normalized spacial score (nSPS) is 13.6. The molecule has 104 valence electrons. The number of benzene rings is 2. The molecule has 3 heteroatoms. The van der Waals surface area contributed by atoms with Crippen molar-refractivity contribution in [2.45, 2.75) is 19.4 Å². The van der Waals surface area contributed by atoms with Crippen LogP contribution in [0.1, 0.15) is 28.4 Å². The number of hydrogen-bond acceptors (Lipinski definition) is 2. The van der Waals surface area contributed by atoms with Crippen LogP contribution >= 0.6 is 0 Å². The van der Waals surface area contributed by atoms with Crippen LogP contribution in [0.5, 0.6) is 0 Å². The molecule has 2 aromatic carbocycles. The second-order valence-electron chi connectivity index (χ2n) is 5.19. The summed E-state index contributed by atoms with van der Waals surface area (Å²) < 4.78 is 0. The molecule has 0 saturated carbocycles. The van der Waals surface area contributed by atoms with Crippen molar-refractivity contribution in [1.29, 1.82) is 0 Å². The smallest absolute Gasteiger partial charge is 0.251 e. The lowest BCUT2D eigenvalue weighted by Gasteiger charge is -2.24. The highest BCUT2D eigenvalue weighted by molar-refractivity contribution is 5.94. The van der Waals surface area contributed by atoms with E-state index in [0.717, 1.165) is 11.1 Å². The van der Waals surface area contributed by atoms with Gasteiger partial charge in [-0.05, 0) is 31.5 Å². The van der Waals surface area contributed by atoms with E-state index in [-0.39, 0.29) is 12.5 Å². The maximum atomic E-state index is 12.1. The van der Waals surface area contributed by atoms with E-state index in [1.54, 1.807) is 13.0 Å². The molecule has 0 heterocycles. The first kappa shape index (κ1) is 14.3. The van der Waals surface area contributed by atoms with Gasteiger partial charge in [0, 0.05) is 5.56 Å². The Labute approximate surface area is 119 Å². The van der Waals surface area contributed by atoms with Crippen LogP contribution < -0.4 is 5.32 Å². The molecule has 3 nitrogen and oxygen atoms in total. The van der Waals surface area contributed by atoms with E-state index in [1.807, 2.05) is 55.5 Å². The molecule has 0 aliphatic rings. The predicted octanol–water partition coefficient (Wildman–Crippen LogP) is 2.63. The third kappa shape index (κ3) is 3.45. The van der Waals surface area contributed by atoms with Crippen molar-refractivity contribution in [3.05, 3.63) is 71.3 Å². The lowest BCUT2D eigenvalue weighted by molar-refractivity contribution is 0.0526. The summed E-state index contributed by atoms with van der Waals surface area (Å²) >= 11 is 0. The highest BCUT2D eigenvalue weighted by atomic mass is 16.3. The van der Waals surface area contributed by atoms with Gasteiger partial charge in [0.15, 0.2) is 0 Å². The van der Waals surface area contributed by atoms with Crippen LogP contribution in [0.3, 0.4) is 0 Å². The number of aryl methyl sites for hydroxylation is 1. The summed E-state index contributed by atoms with van der Waals surface area (Å²) in [7, 11) is 0. The first-order valence-electron chi connectivity index (χ1n) is 6.62. The van der Waals surface area contributed by atoms with Crippen molar-refractivity contribution in [2.75, 3.05) is 6.54 Å². The Morgan fingerprint density at radius 1 is 1.15 bits per heavy atom. The molecular weight excluding hydrogens is 250 g/mol. The fourth-order valence-corrected chi connectivity index (χ4v) is 2.04. The van der Waals surface area contributed by atoms with Crippen LogP contribution in [0, 0.1) is 6.92 Å². The van der Waals surface area contributed by atoms with Gasteiger partial charge >= 0.3 is 0 Å². The van der Waals surface area contributed by atoms with Crippen molar-refractivity contribution in [2.24, 2.45) is 0 Å². The Kier molecular flexibility index (Phi) is 4.20. The third-order valence-electron chi connectivity index (χ3n) is 3.27. The van der Waals surface area contributed by atoms with E-state index < -0.39 is 5.60 Å². The van der Waals surface area contributed by atoms with Crippen molar-refractivity contribution in [1.82, 2.24) is 5.32 Å². The molecule has 0 radical (unpaired) electrons. The molecular formula is C17H19NO2. The van der Waals surface area contributed by atoms with Crippen LogP contribution in [0.2, 0.25) is 0 Å². The van der Waals surface area contributed by atoms with Gasteiger partial charge in [-0.1, -0.05) is 48.0 Å². The zero-order chi connectivity index (χ0) is 14.6. The van der Waals surface area contributed by atoms with Gasteiger partial charge in [-0.15, -0.1) is 0 Å². The van der Waals surface area contributed by atoms with E-state index in [0.29, 0.717) is 5.56 Å². The Morgan fingerprint density at radius 2 is 1.85 bits per heavy atom. The minimum Gasteiger partial charge on any atom is -0.384 e. The van der Waals surface area contributed by atoms with E-state index in [1.165, 1.54) is 0 Å². The third-order valence-corrected chi connectivity index (χ3v) is 3.27. The molecule has 0 aliphatic carbocycles. The van der Waals surface area contributed by atoms with E-state index in [9.17, 15) is 9.90 Å². The van der Waals surface area contributed by atoms with Gasteiger partial charge in [0.25, 0.3) is 5.91 Å². The lowest BCUT2D eigenvalue weighted by Crippen LogP contribution is -2.38. The van der Waals surface area contributed by atoms with E-state index >= 15 is 0 Å². The molecule has 20 heavy (non-hydrogen) atoms. The average Bonchev–Trinajstić information content (AvgIpc) is 2.46. The molecule has 2 rings (SSSR count). The predicted molar refractivity (Wildman–Crippen MR) is 79.5 cm³/mol. The molecule has 1 unspecified atom stereocenters. The van der Waals surface area contributed by atoms with Crippen molar-refractivity contribution in [3.8, 4) is 0 Å². The van der Waals surface area contributed by atoms with Crippen LogP contribution in [0.4, 0.5) is 0 Å². The zero-order valence-electron chi connectivity index (χ0n) is 11.8. The molecule has 0 bridgehead atoms. The van der Waals surface area contributed by atoms with Crippen LogP contribution in [-0.2, 0) is 5.60 Å². The number of carbonyl (C=O) groups is 1. The number of hydrogen-bond donors (Lipinski definition) is 2. The second kappa shape index (κ2) is 5.88. The molecule has 0 aliphatic heterocycles. The van der Waals surface area contributed by atoms with Gasteiger partial charge in [0.05, 0.1) is 6.54 Å². The number of carbonyl (C=O) groups excluding carboxylic acids is 1. The molecule has 0 fully saturated rings.